The minimum Gasteiger partial charge on any atom is -0.493 e. The topological polar surface area (TPSA) is 55.6 Å². The first kappa shape index (κ1) is 15.1. The summed E-state index contributed by atoms with van der Waals surface area (Å²) in [6, 6.07) is 7.20. The molecule has 0 saturated heterocycles. The molecule has 0 spiro atoms. The molecular formula is C15H22N2O2. The zero-order valence-electron chi connectivity index (χ0n) is 11.5. The molecule has 0 heterocycles. The molecule has 4 heteroatoms. The smallest absolute Gasteiger partial charge is 0.226 e. The summed E-state index contributed by atoms with van der Waals surface area (Å²) in [5.74, 6) is 0.782. The predicted molar refractivity (Wildman–Crippen MR) is 78.0 cm³/mol. The van der Waals surface area contributed by atoms with Gasteiger partial charge < -0.3 is 15.4 Å². The van der Waals surface area contributed by atoms with Crippen LogP contribution in [-0.2, 0) is 4.79 Å². The van der Waals surface area contributed by atoms with Gasteiger partial charge in [-0.05, 0) is 18.6 Å². The van der Waals surface area contributed by atoms with Gasteiger partial charge in [-0.2, -0.15) is 0 Å². The van der Waals surface area contributed by atoms with Gasteiger partial charge in [0.05, 0.1) is 13.0 Å². The van der Waals surface area contributed by atoms with E-state index in [4.69, 9.17) is 10.5 Å². The Labute approximate surface area is 114 Å². The SMILES string of the molecule is C=CCN(CCC)C(=O)CCOc1cccc(N)c1. The van der Waals surface area contributed by atoms with Crippen LogP contribution in [0.2, 0.25) is 0 Å². The fourth-order valence-corrected chi connectivity index (χ4v) is 1.76. The molecule has 0 aromatic heterocycles. The predicted octanol–water partition coefficient (Wildman–Crippen LogP) is 2.46. The molecule has 0 aliphatic carbocycles. The van der Waals surface area contributed by atoms with Crippen LogP contribution in [0.1, 0.15) is 19.8 Å². The molecule has 4 nitrogen and oxygen atoms in total. The van der Waals surface area contributed by atoms with Crippen LogP contribution < -0.4 is 10.5 Å². The third-order valence-electron chi connectivity index (χ3n) is 2.64. The van der Waals surface area contributed by atoms with Crippen molar-refractivity contribution in [3.63, 3.8) is 0 Å². The molecule has 2 N–H and O–H groups in total. The van der Waals surface area contributed by atoms with E-state index >= 15 is 0 Å². The molecular weight excluding hydrogens is 240 g/mol. The zero-order chi connectivity index (χ0) is 14.1. The molecule has 1 aromatic rings. The molecule has 104 valence electrons. The molecule has 0 fully saturated rings. The number of nitrogens with two attached hydrogens (primary N) is 1. The van der Waals surface area contributed by atoms with Crippen molar-refractivity contribution in [2.75, 3.05) is 25.4 Å². The molecule has 0 aliphatic rings. The Morgan fingerprint density at radius 1 is 1.53 bits per heavy atom. The summed E-state index contributed by atoms with van der Waals surface area (Å²) < 4.78 is 5.51. The van der Waals surface area contributed by atoms with Crippen LogP contribution in [0.3, 0.4) is 0 Å². The summed E-state index contributed by atoms with van der Waals surface area (Å²) in [5.41, 5.74) is 6.31. The van der Waals surface area contributed by atoms with Crippen LogP contribution in [0.5, 0.6) is 5.75 Å². The maximum absolute atomic E-state index is 12.0. The lowest BCUT2D eigenvalue weighted by atomic mass is 10.3. The van der Waals surface area contributed by atoms with Crippen molar-refractivity contribution in [3.8, 4) is 5.75 Å². The van der Waals surface area contributed by atoms with Gasteiger partial charge in [0.25, 0.3) is 0 Å². The average Bonchev–Trinajstić information content (AvgIpc) is 2.38. The van der Waals surface area contributed by atoms with Crippen molar-refractivity contribution < 1.29 is 9.53 Å². The molecule has 0 bridgehead atoms. The largest absolute Gasteiger partial charge is 0.493 e. The Balaban J connectivity index is 2.38. The molecule has 0 saturated carbocycles. The second-order valence-electron chi connectivity index (χ2n) is 4.30. The Kier molecular flexibility index (Phi) is 6.50. The lowest BCUT2D eigenvalue weighted by Crippen LogP contribution is -2.32. The highest BCUT2D eigenvalue weighted by Gasteiger charge is 2.10. The molecule has 1 aromatic carbocycles. The van der Waals surface area contributed by atoms with Gasteiger partial charge in [-0.15, -0.1) is 6.58 Å². The number of ether oxygens (including phenoxy) is 1. The maximum Gasteiger partial charge on any atom is 0.226 e. The van der Waals surface area contributed by atoms with E-state index in [2.05, 4.69) is 6.58 Å². The van der Waals surface area contributed by atoms with E-state index < -0.39 is 0 Å². The Morgan fingerprint density at radius 3 is 2.95 bits per heavy atom. The van der Waals surface area contributed by atoms with Gasteiger partial charge in [0, 0.05) is 24.8 Å². The van der Waals surface area contributed by atoms with Gasteiger partial charge in [0.2, 0.25) is 5.91 Å². The molecule has 0 unspecified atom stereocenters. The van der Waals surface area contributed by atoms with Gasteiger partial charge >= 0.3 is 0 Å². The highest BCUT2D eigenvalue weighted by atomic mass is 16.5. The van der Waals surface area contributed by atoms with E-state index in [0.717, 1.165) is 13.0 Å². The van der Waals surface area contributed by atoms with Gasteiger partial charge in [-0.3, -0.25) is 4.79 Å². The number of carbonyl (C=O) groups excluding carboxylic acids is 1. The fraction of sp³-hybridized carbons (Fsp3) is 0.400. The van der Waals surface area contributed by atoms with Crippen molar-refractivity contribution in [2.45, 2.75) is 19.8 Å². The number of amides is 1. The zero-order valence-corrected chi connectivity index (χ0v) is 11.5. The third kappa shape index (κ3) is 5.46. The van der Waals surface area contributed by atoms with Crippen molar-refractivity contribution in [2.24, 2.45) is 0 Å². The molecule has 0 atom stereocenters. The highest BCUT2D eigenvalue weighted by Crippen LogP contribution is 2.14. The number of benzene rings is 1. The second-order valence-corrected chi connectivity index (χ2v) is 4.30. The van der Waals surface area contributed by atoms with Crippen LogP contribution in [0.4, 0.5) is 5.69 Å². The Bertz CT molecular complexity index is 418. The normalized spacial score (nSPS) is 9.95. The minimum absolute atomic E-state index is 0.0886. The lowest BCUT2D eigenvalue weighted by molar-refractivity contribution is -0.131. The minimum atomic E-state index is 0.0886. The van der Waals surface area contributed by atoms with Crippen molar-refractivity contribution >= 4 is 11.6 Å². The quantitative estimate of drug-likeness (QED) is 0.578. The first-order valence-electron chi connectivity index (χ1n) is 6.54. The van der Waals surface area contributed by atoms with Crippen LogP contribution in [0, 0.1) is 0 Å². The third-order valence-corrected chi connectivity index (χ3v) is 2.64. The number of anilines is 1. The lowest BCUT2D eigenvalue weighted by Gasteiger charge is -2.20. The van der Waals surface area contributed by atoms with E-state index in [1.807, 2.05) is 19.1 Å². The average molecular weight is 262 g/mol. The van der Waals surface area contributed by atoms with E-state index in [-0.39, 0.29) is 5.91 Å². The highest BCUT2D eigenvalue weighted by molar-refractivity contribution is 5.76. The van der Waals surface area contributed by atoms with E-state index in [1.165, 1.54) is 0 Å². The second kappa shape index (κ2) is 8.19. The van der Waals surface area contributed by atoms with Gasteiger partial charge in [0.15, 0.2) is 0 Å². The van der Waals surface area contributed by atoms with E-state index in [1.54, 1.807) is 23.1 Å². The Morgan fingerprint density at radius 2 is 2.32 bits per heavy atom. The number of nitrogen functional groups attached to an aromatic ring is 1. The van der Waals surface area contributed by atoms with Gasteiger partial charge in [-0.25, -0.2) is 0 Å². The number of hydrogen-bond donors (Lipinski definition) is 1. The van der Waals surface area contributed by atoms with Crippen molar-refractivity contribution in [1.82, 2.24) is 4.90 Å². The number of carbonyl (C=O) groups is 1. The summed E-state index contributed by atoms with van der Waals surface area (Å²) in [6.07, 6.45) is 3.05. The van der Waals surface area contributed by atoms with Gasteiger partial charge in [0.1, 0.15) is 5.75 Å². The summed E-state index contributed by atoms with van der Waals surface area (Å²) in [6.45, 7) is 7.41. The first-order chi connectivity index (χ1) is 9.17. The molecule has 0 aliphatic heterocycles. The summed E-state index contributed by atoms with van der Waals surface area (Å²) in [5, 5.41) is 0. The molecule has 0 radical (unpaired) electrons. The van der Waals surface area contributed by atoms with Crippen LogP contribution >= 0.6 is 0 Å². The number of nitrogens with zero attached hydrogens (tertiary/aromatic N) is 1. The summed E-state index contributed by atoms with van der Waals surface area (Å²) in [4.78, 5) is 13.7. The molecule has 19 heavy (non-hydrogen) atoms. The number of rotatable bonds is 8. The molecule has 1 rings (SSSR count). The van der Waals surface area contributed by atoms with Gasteiger partial charge in [-0.1, -0.05) is 19.1 Å². The van der Waals surface area contributed by atoms with Crippen LogP contribution in [-0.4, -0.2) is 30.5 Å². The van der Waals surface area contributed by atoms with E-state index in [0.29, 0.717) is 31.0 Å². The first-order valence-corrected chi connectivity index (χ1v) is 6.54. The maximum atomic E-state index is 12.0. The standard InChI is InChI=1S/C15H22N2O2/c1-3-9-17(10-4-2)15(18)8-11-19-14-7-5-6-13(16)12-14/h3,5-7,12H,1,4,8-11,16H2,2H3. The van der Waals surface area contributed by atoms with E-state index in [9.17, 15) is 4.79 Å². The summed E-state index contributed by atoms with van der Waals surface area (Å²) in [7, 11) is 0. The monoisotopic (exact) mass is 262 g/mol. The number of hydrogen-bond acceptors (Lipinski definition) is 3. The Hall–Kier alpha value is -1.97. The summed E-state index contributed by atoms with van der Waals surface area (Å²) >= 11 is 0. The molecule has 1 amide bonds. The van der Waals surface area contributed by atoms with Crippen LogP contribution in [0.25, 0.3) is 0 Å². The van der Waals surface area contributed by atoms with Crippen molar-refractivity contribution in [1.29, 1.82) is 0 Å². The van der Waals surface area contributed by atoms with Crippen molar-refractivity contribution in [3.05, 3.63) is 36.9 Å². The van der Waals surface area contributed by atoms with Crippen LogP contribution in [0.15, 0.2) is 36.9 Å². The fourth-order valence-electron chi connectivity index (χ4n) is 1.76.